The van der Waals surface area contributed by atoms with Gasteiger partial charge >= 0.3 is 0 Å². The van der Waals surface area contributed by atoms with E-state index < -0.39 is 35.0 Å². The first kappa shape index (κ1) is 50.7. The first-order valence-corrected chi connectivity index (χ1v) is 26.8. The Bertz CT molecular complexity index is 3110. The lowest BCUT2D eigenvalue weighted by Gasteiger charge is -2.50. The molecule has 1 spiro atoms. The van der Waals surface area contributed by atoms with Gasteiger partial charge in [0.2, 0.25) is 17.7 Å². The molecular formula is C57H63F2N11O6. The third-order valence-electron chi connectivity index (χ3n) is 17.3. The van der Waals surface area contributed by atoms with Crippen molar-refractivity contribution in [3.05, 3.63) is 107 Å². The molecule has 2 N–H and O–H groups in total. The summed E-state index contributed by atoms with van der Waals surface area (Å²) in [6, 6.07) is 16.2. The molecule has 4 saturated heterocycles. The molecule has 5 amide bonds. The summed E-state index contributed by atoms with van der Waals surface area (Å²) in [6.07, 6.45) is 13.4. The number of piperazine rings is 1. The van der Waals surface area contributed by atoms with Gasteiger partial charge in [0, 0.05) is 93.8 Å². The lowest BCUT2D eigenvalue weighted by molar-refractivity contribution is -0.137. The maximum Gasteiger partial charge on any atom is 0.255 e. The van der Waals surface area contributed by atoms with Crippen LogP contribution in [0, 0.1) is 34.3 Å². The van der Waals surface area contributed by atoms with Gasteiger partial charge in [-0.25, -0.2) is 18.3 Å². The van der Waals surface area contributed by atoms with Crippen LogP contribution < -0.4 is 25.2 Å². The summed E-state index contributed by atoms with van der Waals surface area (Å²) >= 11 is 0. The molecule has 3 aromatic heterocycles. The van der Waals surface area contributed by atoms with Crippen LogP contribution in [0.25, 0.3) is 16.6 Å². The van der Waals surface area contributed by atoms with E-state index in [4.69, 9.17) is 9.72 Å². The highest BCUT2D eigenvalue weighted by Crippen LogP contribution is 2.48. The summed E-state index contributed by atoms with van der Waals surface area (Å²) < 4.78 is 36.8. The van der Waals surface area contributed by atoms with E-state index in [9.17, 15) is 33.6 Å². The Kier molecular flexibility index (Phi) is 14.0. The number of halogens is 2. The maximum absolute atomic E-state index is 15.0. The molecule has 1 atom stereocenters. The number of ether oxygens (including phenoxy) is 1. The van der Waals surface area contributed by atoms with Gasteiger partial charge in [0.05, 0.1) is 41.2 Å². The van der Waals surface area contributed by atoms with Crippen molar-refractivity contribution in [3.8, 4) is 22.9 Å². The van der Waals surface area contributed by atoms with Gasteiger partial charge in [-0.2, -0.15) is 10.4 Å². The minimum atomic E-state index is -0.772. The number of piperidine rings is 3. The average Bonchev–Trinajstić information content (AvgIpc) is 4.00. The van der Waals surface area contributed by atoms with Crippen LogP contribution in [0.15, 0.2) is 73.2 Å². The highest BCUT2D eigenvalue weighted by Gasteiger charge is 2.44. The van der Waals surface area contributed by atoms with E-state index in [1.54, 1.807) is 21.8 Å². The second-order valence-electron chi connectivity index (χ2n) is 21.8. The number of aromatic nitrogens is 3. The van der Waals surface area contributed by atoms with Gasteiger partial charge in [0.25, 0.3) is 11.8 Å². The van der Waals surface area contributed by atoms with Gasteiger partial charge in [0.1, 0.15) is 35.3 Å². The summed E-state index contributed by atoms with van der Waals surface area (Å²) in [5, 5.41) is 19.8. The molecule has 0 bridgehead atoms. The Balaban J connectivity index is 0.677. The van der Waals surface area contributed by atoms with Crippen LogP contribution in [0.2, 0.25) is 0 Å². The number of benzene rings is 2. The lowest BCUT2D eigenvalue weighted by atomic mass is 9.65. The number of imide groups is 1. The Morgan fingerprint density at radius 3 is 2.34 bits per heavy atom. The fourth-order valence-electron chi connectivity index (χ4n) is 12.8. The SMILES string of the molecule is CCOc1cc(-c2ccc(N3CCC(CN4CCC5(CCC(CC(=O)N6CCN(c7ccc8c(c7)C(=O)N(C7CCC(=O)NC7=O)C8)CC6)CC5)CC4)(NC(=O)c4cc(F)ccc4F)CC3)nc2)c2c(C#N)cnn2c1. The lowest BCUT2D eigenvalue weighted by Crippen LogP contribution is -2.61. The fourth-order valence-corrected chi connectivity index (χ4v) is 12.8. The van der Waals surface area contributed by atoms with Crippen molar-refractivity contribution in [2.24, 2.45) is 11.3 Å². The summed E-state index contributed by atoms with van der Waals surface area (Å²) in [4.78, 5) is 80.4. The third kappa shape index (κ3) is 10.2. The predicted molar refractivity (Wildman–Crippen MR) is 278 cm³/mol. The Morgan fingerprint density at radius 2 is 1.63 bits per heavy atom. The zero-order valence-electron chi connectivity index (χ0n) is 42.9. The molecule has 5 aromatic rings. The molecule has 11 rings (SSSR count). The van der Waals surface area contributed by atoms with E-state index in [0.717, 1.165) is 98.0 Å². The van der Waals surface area contributed by atoms with E-state index in [1.165, 1.54) is 6.20 Å². The summed E-state index contributed by atoms with van der Waals surface area (Å²) in [5.41, 5.74) is 4.24. The highest BCUT2D eigenvalue weighted by molar-refractivity contribution is 6.05. The minimum absolute atomic E-state index is 0.193. The number of nitriles is 1. The third-order valence-corrected chi connectivity index (χ3v) is 17.3. The van der Waals surface area contributed by atoms with E-state index in [1.807, 2.05) is 48.2 Å². The molecule has 396 valence electrons. The molecule has 5 aliphatic heterocycles. The van der Waals surface area contributed by atoms with Gasteiger partial charge in [-0.1, -0.05) is 6.07 Å². The van der Waals surface area contributed by atoms with Crippen LogP contribution in [0.1, 0.15) is 109 Å². The van der Waals surface area contributed by atoms with Gasteiger partial charge < -0.3 is 34.6 Å². The number of amides is 5. The van der Waals surface area contributed by atoms with Crippen molar-refractivity contribution in [3.63, 3.8) is 0 Å². The molecule has 2 aromatic carbocycles. The van der Waals surface area contributed by atoms with Crippen molar-refractivity contribution in [2.75, 3.05) is 75.3 Å². The van der Waals surface area contributed by atoms with Crippen molar-refractivity contribution >= 4 is 46.6 Å². The van der Waals surface area contributed by atoms with Crippen LogP contribution in [0.3, 0.4) is 0 Å². The quantitative estimate of drug-likeness (QED) is 0.130. The van der Waals surface area contributed by atoms with Crippen molar-refractivity contribution in [2.45, 2.75) is 95.7 Å². The minimum Gasteiger partial charge on any atom is -0.492 e. The fraction of sp³-hybridized carbons (Fsp3) is 0.474. The molecule has 1 saturated carbocycles. The first-order valence-electron chi connectivity index (χ1n) is 26.8. The predicted octanol–water partition coefficient (Wildman–Crippen LogP) is 6.49. The van der Waals surface area contributed by atoms with Gasteiger partial charge in [-0.3, -0.25) is 29.3 Å². The molecule has 76 heavy (non-hydrogen) atoms. The van der Waals surface area contributed by atoms with Crippen molar-refractivity contribution in [1.29, 1.82) is 5.26 Å². The smallest absolute Gasteiger partial charge is 0.255 e. The zero-order chi connectivity index (χ0) is 52.7. The number of rotatable bonds is 12. The van der Waals surface area contributed by atoms with Gasteiger partial charge in [0.15, 0.2) is 0 Å². The van der Waals surface area contributed by atoms with E-state index in [2.05, 4.69) is 36.5 Å². The molecule has 8 heterocycles. The Morgan fingerprint density at radius 1 is 0.855 bits per heavy atom. The Labute approximate surface area is 440 Å². The number of anilines is 2. The van der Waals surface area contributed by atoms with Gasteiger partial charge in [-0.05, 0) is 143 Å². The number of carbonyl (C=O) groups is 5. The highest BCUT2D eigenvalue weighted by atomic mass is 19.1. The van der Waals surface area contributed by atoms with Crippen LogP contribution in [0.5, 0.6) is 5.75 Å². The van der Waals surface area contributed by atoms with E-state index in [-0.39, 0.29) is 35.1 Å². The zero-order valence-corrected chi connectivity index (χ0v) is 42.9. The Hall–Kier alpha value is -7.46. The second kappa shape index (κ2) is 20.9. The standard InChI is InChI=1S/C57H63F2N11O6/c1-2-76-43-30-44(52-40(31-60)33-62-70(52)35-43)38-4-9-49(61-32-38)67-21-17-57(18-22-67,64-53(73)46-28-41(58)5-7-47(46)59)36-65-19-15-56(16-20-65)13-11-37(12-14-56)27-51(72)68-25-23-66(24-26-68)42-6-3-39-34-69(55(75)45(39)29-42)48-8-10-50(71)63-54(48)74/h3-7,9,28-30,32-33,35,37,48H,2,8,10-27,34,36H2,1H3,(H,64,73)(H,63,71,74). The number of nitrogens with zero attached hydrogens (tertiary/aromatic N) is 9. The monoisotopic (exact) mass is 1040 g/mol. The van der Waals surface area contributed by atoms with Crippen LogP contribution in [-0.2, 0) is 20.9 Å². The molecule has 1 aliphatic carbocycles. The molecule has 0 radical (unpaired) electrons. The first-order chi connectivity index (χ1) is 36.8. The number of nitrogens with one attached hydrogen (secondary N) is 2. The molecule has 17 nitrogen and oxygen atoms in total. The van der Waals surface area contributed by atoms with Crippen LogP contribution in [-0.4, -0.2) is 136 Å². The van der Waals surface area contributed by atoms with E-state index in [0.29, 0.717) is 113 Å². The van der Waals surface area contributed by atoms with E-state index >= 15 is 4.39 Å². The van der Waals surface area contributed by atoms with Crippen molar-refractivity contribution < 1.29 is 37.5 Å². The number of hydrogen-bond acceptors (Lipinski definition) is 12. The number of fused-ring (bicyclic) bond motifs is 2. The largest absolute Gasteiger partial charge is 0.492 e. The van der Waals surface area contributed by atoms with Gasteiger partial charge in [-0.15, -0.1) is 0 Å². The summed E-state index contributed by atoms with van der Waals surface area (Å²) in [7, 11) is 0. The number of hydrogen-bond donors (Lipinski definition) is 2. The molecule has 19 heteroatoms. The normalized spacial score (nSPS) is 20.9. The average molecular weight is 1040 g/mol. The summed E-state index contributed by atoms with van der Waals surface area (Å²) in [5.74, 6) is -1.10. The second-order valence-corrected chi connectivity index (χ2v) is 21.8. The van der Waals surface area contributed by atoms with Crippen LogP contribution >= 0.6 is 0 Å². The maximum atomic E-state index is 15.0. The molecule has 6 aliphatic rings. The van der Waals surface area contributed by atoms with Crippen LogP contribution in [0.4, 0.5) is 20.3 Å². The summed E-state index contributed by atoms with van der Waals surface area (Å²) in [6.45, 7) is 8.66. The van der Waals surface area contributed by atoms with Crippen molar-refractivity contribution in [1.82, 2.24) is 39.9 Å². The number of carbonyl (C=O) groups excluding carboxylic acids is 5. The number of likely N-dealkylation sites (tertiary alicyclic amines) is 1. The topological polar surface area (TPSA) is 189 Å². The molecule has 5 fully saturated rings. The molecule has 1 unspecified atom stereocenters. The number of pyridine rings is 2. The molecular weight excluding hydrogens is 973 g/mol.